The van der Waals surface area contributed by atoms with E-state index in [1.165, 1.54) is 9.80 Å². The van der Waals surface area contributed by atoms with Crippen LogP contribution < -0.4 is 0 Å². The Hall–Kier alpha value is -5.36. The zero-order chi connectivity index (χ0) is 34.3. The highest BCUT2D eigenvalue weighted by atomic mass is 16.2. The minimum atomic E-state index is -0.247. The van der Waals surface area contributed by atoms with Gasteiger partial charge in [0.25, 0.3) is 23.6 Å². The van der Waals surface area contributed by atoms with E-state index in [9.17, 15) is 19.2 Å². The predicted octanol–water partition coefficient (Wildman–Crippen LogP) is 10.4. The van der Waals surface area contributed by atoms with E-state index < -0.39 is 0 Å². The van der Waals surface area contributed by atoms with Crippen LogP contribution in [-0.4, -0.2) is 46.5 Å². The Morgan fingerprint density at radius 3 is 1.26 bits per heavy atom. The highest BCUT2D eigenvalue weighted by Gasteiger charge is 2.39. The summed E-state index contributed by atoms with van der Waals surface area (Å²) in [7, 11) is 0. The Kier molecular flexibility index (Phi) is 7.13. The molecular formula is C44H38N2O4. The van der Waals surface area contributed by atoms with Crippen molar-refractivity contribution in [3.05, 3.63) is 95.1 Å². The van der Waals surface area contributed by atoms with Crippen LogP contribution in [0, 0.1) is 0 Å². The minimum absolute atomic E-state index is 0.241. The van der Waals surface area contributed by atoms with Crippen LogP contribution >= 0.6 is 0 Å². The fourth-order valence-corrected chi connectivity index (χ4v) is 8.94. The first-order valence-corrected chi connectivity index (χ1v) is 18.2. The molecule has 0 aromatic heterocycles. The second-order valence-electron chi connectivity index (χ2n) is 14.1. The summed E-state index contributed by atoms with van der Waals surface area (Å²) in [5.41, 5.74) is 2.24. The molecule has 0 bridgehead atoms. The third kappa shape index (κ3) is 4.08. The lowest BCUT2D eigenvalue weighted by molar-refractivity contribution is 0.0593. The number of hydrogen-bond donors (Lipinski definition) is 0. The number of rotatable bonds is 10. The lowest BCUT2D eigenvalue weighted by atomic mass is 9.78. The molecule has 0 saturated carbocycles. The van der Waals surface area contributed by atoms with Crippen molar-refractivity contribution in [2.45, 2.75) is 65.2 Å². The molecule has 0 unspecified atom stereocenters. The van der Waals surface area contributed by atoms with Gasteiger partial charge in [-0.15, -0.1) is 0 Å². The highest BCUT2D eigenvalue weighted by molar-refractivity contribution is 6.49. The minimum Gasteiger partial charge on any atom is -0.274 e. The second-order valence-corrected chi connectivity index (χ2v) is 14.1. The van der Waals surface area contributed by atoms with Gasteiger partial charge in [-0.2, -0.15) is 0 Å². The van der Waals surface area contributed by atoms with Crippen molar-refractivity contribution in [1.82, 2.24) is 9.80 Å². The quantitative estimate of drug-likeness (QED) is 0.0634. The van der Waals surface area contributed by atoms with Gasteiger partial charge in [-0.25, -0.2) is 0 Å². The molecule has 0 spiro atoms. The zero-order valence-electron chi connectivity index (χ0n) is 28.5. The molecule has 6 heteroatoms. The third-order valence-electron chi connectivity index (χ3n) is 11.2. The fourth-order valence-electron chi connectivity index (χ4n) is 8.94. The van der Waals surface area contributed by atoms with Crippen LogP contribution in [0.15, 0.2) is 72.8 Å². The maximum absolute atomic E-state index is 14.6. The van der Waals surface area contributed by atoms with Gasteiger partial charge in [-0.1, -0.05) is 113 Å². The van der Waals surface area contributed by atoms with Gasteiger partial charge in [0.05, 0.1) is 11.1 Å². The Labute approximate surface area is 289 Å². The van der Waals surface area contributed by atoms with E-state index in [-0.39, 0.29) is 23.6 Å². The number of carbonyl (C=O) groups excluding carboxylic acids is 4. The first-order chi connectivity index (χ1) is 24.5. The molecule has 0 N–H and O–H groups in total. The Morgan fingerprint density at radius 1 is 0.380 bits per heavy atom. The van der Waals surface area contributed by atoms with Gasteiger partial charge in [-0.05, 0) is 73.5 Å². The average molecular weight is 659 g/mol. The van der Waals surface area contributed by atoms with E-state index in [1.807, 2.05) is 60.7 Å². The van der Waals surface area contributed by atoms with Crippen LogP contribution in [-0.2, 0) is 0 Å². The summed E-state index contributed by atoms with van der Waals surface area (Å²) in [6, 6.07) is 23.8. The number of benzene rings is 7. The van der Waals surface area contributed by atoms with Crippen molar-refractivity contribution in [2.24, 2.45) is 0 Å². The molecule has 0 radical (unpaired) electrons. The van der Waals surface area contributed by atoms with E-state index in [2.05, 4.69) is 26.0 Å². The van der Waals surface area contributed by atoms with Crippen LogP contribution in [0.3, 0.4) is 0 Å². The van der Waals surface area contributed by atoms with Crippen molar-refractivity contribution in [3.8, 4) is 0 Å². The standard InChI is InChI=1S/C44H38N2O4/c1-3-5-7-13-23-45-41(47)31-21-19-29-33-25-15-9-11-17-27(25)37-40-38(44(50)46(43(37)49)24-14-8-6-4-2)28-18-12-10-16-26(28)34(39(33)40)30-20-22-32(42(45)48)36(31)35(29)30/h9-12,15-22H,3-8,13-14,23-24H2,1-2H3. The molecule has 2 aliphatic rings. The molecule has 2 heterocycles. The zero-order valence-corrected chi connectivity index (χ0v) is 28.5. The van der Waals surface area contributed by atoms with Gasteiger partial charge in [0, 0.05) is 40.4 Å². The van der Waals surface area contributed by atoms with E-state index >= 15 is 0 Å². The highest BCUT2D eigenvalue weighted by Crippen LogP contribution is 2.52. The molecule has 0 atom stereocenters. The van der Waals surface area contributed by atoms with Gasteiger partial charge in [0.2, 0.25) is 0 Å². The van der Waals surface area contributed by atoms with E-state index in [4.69, 9.17) is 0 Å². The van der Waals surface area contributed by atoms with Gasteiger partial charge >= 0.3 is 0 Å². The number of amides is 4. The van der Waals surface area contributed by atoms with Gasteiger partial charge < -0.3 is 0 Å². The van der Waals surface area contributed by atoms with Crippen LogP contribution in [0.4, 0.5) is 0 Å². The molecule has 0 aliphatic carbocycles. The third-order valence-corrected chi connectivity index (χ3v) is 11.2. The summed E-state index contributed by atoms with van der Waals surface area (Å²) in [5, 5.41) is 10.3. The Morgan fingerprint density at radius 2 is 0.800 bits per heavy atom. The number of imide groups is 2. The normalized spacial score (nSPS) is 14.7. The van der Waals surface area contributed by atoms with Crippen molar-refractivity contribution in [3.63, 3.8) is 0 Å². The van der Waals surface area contributed by atoms with E-state index in [1.54, 1.807) is 0 Å². The van der Waals surface area contributed by atoms with E-state index in [0.717, 1.165) is 105 Å². The monoisotopic (exact) mass is 658 g/mol. The molecule has 6 nitrogen and oxygen atoms in total. The smallest absolute Gasteiger partial charge is 0.262 e. The molecule has 0 saturated heterocycles. The summed E-state index contributed by atoms with van der Waals surface area (Å²) in [6.45, 7) is 5.09. The number of fused-ring (bicyclic) bond motifs is 8. The SMILES string of the molecule is CCCCCCN1C(=O)c2ccc3c4c2c(ccc4c2c4ccccc4c4c5c(c6ccccc6c3c52)C(=O)N(CCCCCC)C4=O)C1=O. The molecule has 7 aromatic carbocycles. The summed E-state index contributed by atoms with van der Waals surface area (Å²) in [4.78, 5) is 60.1. The van der Waals surface area contributed by atoms with Crippen LogP contribution in [0.2, 0.25) is 0 Å². The number of unbranched alkanes of at least 4 members (excludes halogenated alkanes) is 6. The topological polar surface area (TPSA) is 74.8 Å². The van der Waals surface area contributed by atoms with Crippen molar-refractivity contribution >= 4 is 88.3 Å². The molecule has 2 aliphatic heterocycles. The lowest BCUT2D eigenvalue weighted by Crippen LogP contribution is -2.41. The van der Waals surface area contributed by atoms with Crippen LogP contribution in [0.25, 0.3) is 64.6 Å². The maximum Gasteiger partial charge on any atom is 0.262 e. The number of nitrogens with zero attached hydrogens (tertiary/aromatic N) is 2. The van der Waals surface area contributed by atoms with E-state index in [0.29, 0.717) is 46.1 Å². The molecule has 50 heavy (non-hydrogen) atoms. The maximum atomic E-state index is 14.6. The number of carbonyl (C=O) groups is 4. The largest absolute Gasteiger partial charge is 0.274 e. The average Bonchev–Trinajstić information content (AvgIpc) is 3.14. The van der Waals surface area contributed by atoms with Gasteiger partial charge in [0.15, 0.2) is 0 Å². The van der Waals surface area contributed by atoms with Gasteiger partial charge in [-0.3, -0.25) is 29.0 Å². The molecule has 4 amide bonds. The predicted molar refractivity (Wildman–Crippen MR) is 202 cm³/mol. The van der Waals surface area contributed by atoms with Crippen molar-refractivity contribution in [1.29, 1.82) is 0 Å². The summed E-state index contributed by atoms with van der Waals surface area (Å²) in [6.07, 6.45) is 7.76. The first-order valence-electron chi connectivity index (χ1n) is 18.2. The van der Waals surface area contributed by atoms with Crippen molar-refractivity contribution < 1.29 is 19.2 Å². The summed E-state index contributed by atoms with van der Waals surface area (Å²) >= 11 is 0. The number of hydrogen-bond acceptors (Lipinski definition) is 4. The lowest BCUT2D eigenvalue weighted by Gasteiger charge is -2.32. The molecule has 9 rings (SSSR count). The van der Waals surface area contributed by atoms with Crippen LogP contribution in [0.1, 0.15) is 107 Å². The second kappa shape index (κ2) is 11.6. The van der Waals surface area contributed by atoms with Crippen molar-refractivity contribution in [2.75, 3.05) is 13.1 Å². The Bertz CT molecular complexity index is 2460. The Balaban J connectivity index is 1.41. The molecule has 7 aromatic rings. The fraction of sp³-hybridized carbons (Fsp3) is 0.273. The summed E-state index contributed by atoms with van der Waals surface area (Å²) < 4.78 is 0. The summed E-state index contributed by atoms with van der Waals surface area (Å²) in [5.74, 6) is -0.976. The molecule has 248 valence electrons. The first kappa shape index (κ1) is 30.7. The van der Waals surface area contributed by atoms with Gasteiger partial charge in [0.1, 0.15) is 0 Å². The van der Waals surface area contributed by atoms with Crippen LogP contribution in [0.5, 0.6) is 0 Å². The molecule has 0 fully saturated rings. The molecular weight excluding hydrogens is 620 g/mol.